The highest BCUT2D eigenvalue weighted by Gasteiger charge is 2.30. The van der Waals surface area contributed by atoms with E-state index in [4.69, 9.17) is 25.5 Å². The van der Waals surface area contributed by atoms with Crippen molar-refractivity contribution in [2.45, 2.75) is 12.1 Å². The van der Waals surface area contributed by atoms with Crippen molar-refractivity contribution in [2.24, 2.45) is 0 Å². The van der Waals surface area contributed by atoms with Crippen molar-refractivity contribution in [3.8, 4) is 0 Å². The van der Waals surface area contributed by atoms with Crippen molar-refractivity contribution in [1.82, 2.24) is 0 Å². The molecule has 0 aromatic carbocycles. The third-order valence-corrected chi connectivity index (χ3v) is 0.915. The Morgan fingerprint density at radius 3 is 2.25 bits per heavy atom. The van der Waals surface area contributed by atoms with Crippen LogP contribution in [0.3, 0.4) is 0 Å². The zero-order chi connectivity index (χ0) is 9.78. The predicted molar refractivity (Wildman–Crippen MR) is 33.4 cm³/mol. The highest BCUT2D eigenvalue weighted by molar-refractivity contribution is 5.74. The molecule has 0 heterocycles. The largest absolute Gasteiger partial charge is 0.404 e. The number of aliphatic hydroxyl groups excluding tert-OH is 3. The van der Waals surface area contributed by atoms with E-state index in [1.807, 2.05) is 0 Å². The Hall–Kier alpha value is -0.730. The average Bonchev–Trinajstić information content (AvgIpc) is 2.02. The van der Waals surface area contributed by atoms with E-state index in [2.05, 4.69) is 4.74 Å². The van der Waals surface area contributed by atoms with Gasteiger partial charge in [-0.05, 0) is 0 Å². The van der Waals surface area contributed by atoms with Gasteiger partial charge in [-0.1, -0.05) is 0 Å². The van der Waals surface area contributed by atoms with E-state index in [0.29, 0.717) is 0 Å². The van der Waals surface area contributed by atoms with Crippen LogP contribution in [0.1, 0.15) is 0 Å². The summed E-state index contributed by atoms with van der Waals surface area (Å²) in [7, 11) is 0. The van der Waals surface area contributed by atoms with Gasteiger partial charge < -0.3 is 30.3 Å². The van der Waals surface area contributed by atoms with E-state index in [0.717, 1.165) is 0 Å². The maximum absolute atomic E-state index is 10.5. The Bertz CT molecular complexity index is 154. The smallest absolute Gasteiger partial charge is 0.348 e. The Balaban J connectivity index is 4.00. The van der Waals surface area contributed by atoms with Crippen LogP contribution in [0, 0.1) is 0 Å². The Labute approximate surface area is 67.4 Å². The molecular formula is C5H10O7. The molecule has 0 aliphatic carbocycles. The van der Waals surface area contributed by atoms with Gasteiger partial charge in [0.1, 0.15) is 6.61 Å². The van der Waals surface area contributed by atoms with Crippen molar-refractivity contribution >= 4 is 5.97 Å². The zero-order valence-corrected chi connectivity index (χ0v) is 6.04. The second-order valence-corrected chi connectivity index (χ2v) is 2.02. The quantitative estimate of drug-likeness (QED) is 0.225. The molecule has 0 radical (unpaired) electrons. The van der Waals surface area contributed by atoms with Gasteiger partial charge in [-0.3, -0.25) is 0 Å². The van der Waals surface area contributed by atoms with Gasteiger partial charge >= 0.3 is 11.9 Å². The van der Waals surface area contributed by atoms with Crippen LogP contribution in [0.25, 0.3) is 0 Å². The van der Waals surface area contributed by atoms with Gasteiger partial charge in [-0.15, -0.1) is 0 Å². The predicted octanol–water partition coefficient (Wildman–Crippen LogP) is -3.49. The second-order valence-electron chi connectivity index (χ2n) is 2.02. The minimum absolute atomic E-state index is 0.902. The van der Waals surface area contributed by atoms with Crippen LogP contribution >= 0.6 is 0 Å². The second kappa shape index (κ2) is 4.33. The summed E-state index contributed by atoms with van der Waals surface area (Å²) in [5, 5.41) is 41.9. The van der Waals surface area contributed by atoms with Crippen LogP contribution in [-0.4, -0.2) is 56.8 Å². The van der Waals surface area contributed by atoms with Gasteiger partial charge in [0.05, 0.1) is 6.61 Å². The Morgan fingerprint density at radius 2 is 1.92 bits per heavy atom. The van der Waals surface area contributed by atoms with Crippen molar-refractivity contribution in [1.29, 1.82) is 0 Å². The topological polar surface area (TPSA) is 127 Å². The first-order valence-electron chi connectivity index (χ1n) is 3.00. The van der Waals surface area contributed by atoms with Crippen LogP contribution in [0.2, 0.25) is 0 Å². The summed E-state index contributed by atoms with van der Waals surface area (Å²) in [6.07, 6.45) is -1.85. The molecule has 0 saturated carbocycles. The molecule has 0 saturated heterocycles. The average molecular weight is 182 g/mol. The molecule has 1 atom stereocenters. The molecule has 1 unspecified atom stereocenters. The first-order chi connectivity index (χ1) is 5.43. The van der Waals surface area contributed by atoms with E-state index in [1.165, 1.54) is 0 Å². The monoisotopic (exact) mass is 182 g/mol. The minimum atomic E-state index is -3.02. The number of ether oxygens (including phenoxy) is 1. The summed E-state index contributed by atoms with van der Waals surface area (Å²) in [5.41, 5.74) is 0. The van der Waals surface area contributed by atoms with E-state index < -0.39 is 31.3 Å². The maximum Gasteiger partial charge on any atom is 0.348 e. The van der Waals surface area contributed by atoms with Crippen molar-refractivity contribution in [2.75, 3.05) is 13.2 Å². The molecule has 7 nitrogen and oxygen atoms in total. The minimum Gasteiger partial charge on any atom is -0.404 e. The number of hydrogen-bond donors (Lipinski definition) is 5. The van der Waals surface area contributed by atoms with Gasteiger partial charge in [-0.25, -0.2) is 4.79 Å². The molecule has 12 heavy (non-hydrogen) atoms. The Morgan fingerprint density at radius 1 is 1.42 bits per heavy atom. The molecule has 0 amide bonds. The van der Waals surface area contributed by atoms with E-state index in [9.17, 15) is 4.79 Å². The molecule has 0 aliphatic rings. The zero-order valence-electron chi connectivity index (χ0n) is 6.04. The number of rotatable bonds is 4. The molecule has 0 aromatic rings. The highest BCUT2D eigenvalue weighted by atomic mass is 16.8. The van der Waals surface area contributed by atoms with Crippen LogP contribution < -0.4 is 0 Å². The fourth-order valence-electron chi connectivity index (χ4n) is 0.336. The lowest BCUT2D eigenvalue weighted by Crippen LogP contribution is -2.42. The number of carbonyl (C=O) groups excluding carboxylic acids is 1. The summed E-state index contributed by atoms with van der Waals surface area (Å²) >= 11 is 0. The molecule has 72 valence electrons. The summed E-state index contributed by atoms with van der Waals surface area (Å²) in [4.78, 5) is 10.5. The summed E-state index contributed by atoms with van der Waals surface area (Å²) in [5.74, 6) is -4.45. The fraction of sp³-hybridized carbons (Fsp3) is 0.800. The molecule has 0 spiro atoms. The highest BCUT2D eigenvalue weighted by Crippen LogP contribution is 2.02. The summed E-state index contributed by atoms with van der Waals surface area (Å²) in [6, 6.07) is 0. The van der Waals surface area contributed by atoms with Gasteiger partial charge in [-0.2, -0.15) is 0 Å². The van der Waals surface area contributed by atoms with Crippen LogP contribution in [0.15, 0.2) is 0 Å². The van der Waals surface area contributed by atoms with Crippen LogP contribution in [-0.2, 0) is 9.53 Å². The lowest BCUT2D eigenvalue weighted by atomic mass is 10.4. The van der Waals surface area contributed by atoms with E-state index >= 15 is 0 Å². The maximum atomic E-state index is 10.5. The van der Waals surface area contributed by atoms with Gasteiger partial charge in [0.15, 0.2) is 6.10 Å². The summed E-state index contributed by atoms with van der Waals surface area (Å²) < 4.78 is 3.75. The summed E-state index contributed by atoms with van der Waals surface area (Å²) in [6.45, 7) is -2.13. The standard InChI is InChI=1S/C5H10O7/c6-1-3(8)4(9)12-5(10,11)2-7/h3,6-8,10-11H,1-2H2. The van der Waals surface area contributed by atoms with Gasteiger partial charge in [0, 0.05) is 0 Å². The normalized spacial score (nSPS) is 14.1. The first kappa shape index (κ1) is 11.3. The molecule has 7 heteroatoms. The molecule has 0 bridgehead atoms. The molecule has 5 N–H and O–H groups in total. The van der Waals surface area contributed by atoms with Crippen molar-refractivity contribution < 1.29 is 35.1 Å². The number of hydrogen-bond acceptors (Lipinski definition) is 7. The van der Waals surface area contributed by atoms with Gasteiger partial charge in [0.2, 0.25) is 0 Å². The number of esters is 1. The third-order valence-electron chi connectivity index (χ3n) is 0.915. The lowest BCUT2D eigenvalue weighted by molar-refractivity contribution is -0.335. The first-order valence-corrected chi connectivity index (χ1v) is 3.00. The fourth-order valence-corrected chi connectivity index (χ4v) is 0.336. The van der Waals surface area contributed by atoms with Crippen molar-refractivity contribution in [3.05, 3.63) is 0 Å². The molecule has 0 aliphatic heterocycles. The lowest BCUT2D eigenvalue weighted by Gasteiger charge is -2.19. The van der Waals surface area contributed by atoms with E-state index in [-0.39, 0.29) is 0 Å². The SMILES string of the molecule is O=C(OC(O)(O)CO)C(O)CO. The van der Waals surface area contributed by atoms with Crippen LogP contribution in [0.4, 0.5) is 0 Å². The van der Waals surface area contributed by atoms with Gasteiger partial charge in [0.25, 0.3) is 0 Å². The number of carbonyl (C=O) groups is 1. The molecule has 0 fully saturated rings. The van der Waals surface area contributed by atoms with Crippen molar-refractivity contribution in [3.63, 3.8) is 0 Å². The molecule has 0 rings (SSSR count). The van der Waals surface area contributed by atoms with E-state index in [1.54, 1.807) is 0 Å². The molecule has 0 aromatic heterocycles. The van der Waals surface area contributed by atoms with Crippen LogP contribution in [0.5, 0.6) is 0 Å². The Kier molecular flexibility index (Phi) is 4.07. The number of aliphatic hydroxyl groups is 5. The third kappa shape index (κ3) is 3.60. The molecular weight excluding hydrogens is 172 g/mol.